The van der Waals surface area contributed by atoms with Crippen molar-refractivity contribution in [3.05, 3.63) is 23.8 Å². The van der Waals surface area contributed by atoms with E-state index in [-0.39, 0.29) is 24.9 Å². The molecule has 7 nitrogen and oxygen atoms in total. The smallest absolute Gasteiger partial charge is 0.344 e. The third-order valence-electron chi connectivity index (χ3n) is 8.09. The van der Waals surface area contributed by atoms with Gasteiger partial charge >= 0.3 is 13.6 Å². The van der Waals surface area contributed by atoms with Crippen molar-refractivity contribution in [2.75, 3.05) is 26.4 Å². The molecule has 2 rings (SSSR count). The van der Waals surface area contributed by atoms with E-state index in [0.29, 0.717) is 37.9 Å². The lowest BCUT2D eigenvalue weighted by Crippen LogP contribution is -2.38. The van der Waals surface area contributed by atoms with Crippen LogP contribution in [0.25, 0.3) is 0 Å². The van der Waals surface area contributed by atoms with Gasteiger partial charge in [-0.1, -0.05) is 37.6 Å². The van der Waals surface area contributed by atoms with Crippen LogP contribution in [0, 0.1) is 17.3 Å². The number of rotatable bonds is 14. The highest BCUT2D eigenvalue weighted by atomic mass is 31.2. The summed E-state index contributed by atoms with van der Waals surface area (Å²) in [5.74, 6) is 0.243. The van der Waals surface area contributed by atoms with E-state index in [0.717, 1.165) is 32.1 Å². The number of ether oxygens (including phenoxy) is 3. The molecule has 0 aromatic carbocycles. The first-order valence-electron chi connectivity index (χ1n) is 14.5. The summed E-state index contributed by atoms with van der Waals surface area (Å²) >= 11 is 0. The Labute approximate surface area is 231 Å². The summed E-state index contributed by atoms with van der Waals surface area (Å²) in [5.41, 5.74) is 0.695. The van der Waals surface area contributed by atoms with Crippen LogP contribution in [-0.4, -0.2) is 49.9 Å². The minimum atomic E-state index is -3.70. The minimum absolute atomic E-state index is 0.0746. The van der Waals surface area contributed by atoms with Crippen molar-refractivity contribution in [2.45, 2.75) is 118 Å². The fourth-order valence-corrected chi connectivity index (χ4v) is 7.46. The summed E-state index contributed by atoms with van der Waals surface area (Å²) in [7, 11) is -3.70. The fourth-order valence-electron chi connectivity index (χ4n) is 5.55. The van der Waals surface area contributed by atoms with Gasteiger partial charge in [-0.05, 0) is 97.3 Å². The summed E-state index contributed by atoms with van der Waals surface area (Å²) in [6.45, 7) is 22.0. The first-order chi connectivity index (χ1) is 17.8. The van der Waals surface area contributed by atoms with Crippen LogP contribution >= 0.6 is 7.60 Å². The molecule has 0 radical (unpaired) electrons. The molecule has 2 fully saturated rings. The van der Waals surface area contributed by atoms with Gasteiger partial charge < -0.3 is 23.3 Å². The zero-order valence-electron chi connectivity index (χ0n) is 25.2. The Morgan fingerprint density at radius 3 is 2.34 bits per heavy atom. The second-order valence-electron chi connectivity index (χ2n) is 12.1. The Balaban J connectivity index is 2.15. The monoisotopic (exact) mass is 556 g/mol. The number of carbonyl (C=O) groups is 1. The molecular weight excluding hydrogens is 503 g/mol. The van der Waals surface area contributed by atoms with Crippen molar-refractivity contribution in [3.63, 3.8) is 0 Å². The van der Waals surface area contributed by atoms with Crippen molar-refractivity contribution < 1.29 is 32.6 Å². The lowest BCUT2D eigenvalue weighted by Gasteiger charge is -2.46. The van der Waals surface area contributed by atoms with Crippen LogP contribution in [0.15, 0.2) is 23.8 Å². The first kappa shape index (κ1) is 33.2. The van der Waals surface area contributed by atoms with Crippen LogP contribution in [0.3, 0.4) is 0 Å². The summed E-state index contributed by atoms with van der Waals surface area (Å²) < 4.78 is 41.9. The predicted octanol–water partition coefficient (Wildman–Crippen LogP) is 7.84. The van der Waals surface area contributed by atoms with Crippen molar-refractivity contribution in [1.82, 2.24) is 0 Å². The number of carbonyl (C=O) groups excluding carboxylic acids is 1. The number of hydrogen-bond acceptors (Lipinski definition) is 7. The maximum Gasteiger partial charge on any atom is 0.344 e. The van der Waals surface area contributed by atoms with Gasteiger partial charge in [0.1, 0.15) is 5.60 Å². The van der Waals surface area contributed by atoms with Crippen LogP contribution in [0.1, 0.15) is 100 Å². The van der Waals surface area contributed by atoms with E-state index in [9.17, 15) is 9.36 Å². The van der Waals surface area contributed by atoms with Gasteiger partial charge in [0, 0.05) is 6.42 Å². The summed E-state index contributed by atoms with van der Waals surface area (Å²) in [5, 5.41) is 0. The van der Waals surface area contributed by atoms with Gasteiger partial charge in [-0.2, -0.15) is 0 Å². The highest BCUT2D eigenvalue weighted by Gasteiger charge is 2.47. The highest BCUT2D eigenvalue weighted by molar-refractivity contribution is 7.55. The quantitative estimate of drug-likeness (QED) is 0.122. The number of esters is 1. The molecule has 38 heavy (non-hydrogen) atoms. The second kappa shape index (κ2) is 14.6. The average Bonchev–Trinajstić information content (AvgIpc) is 3.34. The van der Waals surface area contributed by atoms with Crippen molar-refractivity contribution in [1.29, 1.82) is 0 Å². The molecule has 1 saturated carbocycles. The average molecular weight is 557 g/mol. The Bertz CT molecular complexity index is 845. The van der Waals surface area contributed by atoms with E-state index in [1.807, 2.05) is 20.8 Å². The molecule has 8 heteroatoms. The van der Waals surface area contributed by atoms with E-state index in [1.165, 1.54) is 11.1 Å². The molecule has 1 aliphatic carbocycles. The van der Waals surface area contributed by atoms with E-state index in [2.05, 4.69) is 33.4 Å². The summed E-state index contributed by atoms with van der Waals surface area (Å²) in [4.78, 5) is 13.3. The topological polar surface area (TPSA) is 80.3 Å². The Hall–Kier alpha value is -0.980. The molecule has 2 aliphatic rings. The van der Waals surface area contributed by atoms with Gasteiger partial charge in [-0.25, -0.2) is 0 Å². The predicted molar refractivity (Wildman–Crippen MR) is 152 cm³/mol. The lowest BCUT2D eigenvalue weighted by atomic mass is 9.59. The van der Waals surface area contributed by atoms with Gasteiger partial charge in [0.05, 0.1) is 26.4 Å². The van der Waals surface area contributed by atoms with E-state index >= 15 is 0 Å². The van der Waals surface area contributed by atoms with E-state index < -0.39 is 24.8 Å². The molecular formula is C30H53O7P. The second-order valence-corrected chi connectivity index (χ2v) is 14.3. The number of allylic oxidation sites excluding steroid dienone is 3. The summed E-state index contributed by atoms with van der Waals surface area (Å²) in [6.07, 6.45) is 8.26. The molecule has 0 spiro atoms. The Morgan fingerprint density at radius 2 is 1.79 bits per heavy atom. The highest BCUT2D eigenvalue weighted by Crippen LogP contribution is 2.58. The molecule has 220 valence electrons. The molecule has 0 aromatic rings. The molecule has 1 saturated heterocycles. The van der Waals surface area contributed by atoms with Gasteiger partial charge in [0.25, 0.3) is 0 Å². The normalized spacial score (nSPS) is 26.5. The molecule has 1 heterocycles. The number of hydrogen-bond donors (Lipinski definition) is 0. The van der Waals surface area contributed by atoms with Crippen LogP contribution < -0.4 is 0 Å². The minimum Gasteiger partial charge on any atom is -0.459 e. The molecule has 4 atom stereocenters. The first-order valence-corrected chi connectivity index (χ1v) is 16.1. The molecule has 0 bridgehead atoms. The maximum atomic E-state index is 13.8. The van der Waals surface area contributed by atoms with Crippen LogP contribution in [0.2, 0.25) is 0 Å². The molecule has 1 aliphatic heterocycles. The third-order valence-corrected chi connectivity index (χ3v) is 10.6. The largest absolute Gasteiger partial charge is 0.459 e. The van der Waals surface area contributed by atoms with Crippen molar-refractivity contribution in [3.8, 4) is 0 Å². The van der Waals surface area contributed by atoms with Crippen molar-refractivity contribution >= 4 is 13.6 Å². The van der Waals surface area contributed by atoms with E-state index in [1.54, 1.807) is 13.8 Å². The molecule has 1 unspecified atom stereocenters. The standard InChI is InChI=1S/C30H53O7P/c1-10-35-38(32,36-11-2)26(28(31)37-29(6,7)8)18-19-30(9)23(4)14-16-25(24(30)5)15-12-22(3)13-17-27-33-20-21-34-27/h12,23,25-27H,5,10-11,13-21H2,1-4,6-9H3/b22-12+/t23-,25-,26?,30+/m0/s1. The fraction of sp³-hybridized carbons (Fsp3) is 0.833. The van der Waals surface area contributed by atoms with Gasteiger partial charge in [0.2, 0.25) is 0 Å². The summed E-state index contributed by atoms with van der Waals surface area (Å²) in [6, 6.07) is 0. The zero-order chi connectivity index (χ0) is 28.6. The maximum absolute atomic E-state index is 13.8. The SMILES string of the molecule is C=C1[C@@H](C/C=C(\C)CCC2OCCO2)CC[C@H](C)[C@@]1(C)CCC(C(=O)OC(C)(C)C)P(=O)(OCC)OCC. The van der Waals surface area contributed by atoms with Crippen LogP contribution in [0.4, 0.5) is 0 Å². The van der Waals surface area contributed by atoms with Crippen LogP contribution in [0.5, 0.6) is 0 Å². The van der Waals surface area contributed by atoms with Gasteiger partial charge in [-0.15, -0.1) is 0 Å². The van der Waals surface area contributed by atoms with Crippen molar-refractivity contribution in [2.24, 2.45) is 17.3 Å². The molecule has 0 amide bonds. The third kappa shape index (κ3) is 9.30. The van der Waals surface area contributed by atoms with Crippen LogP contribution in [-0.2, 0) is 32.6 Å². The Morgan fingerprint density at radius 1 is 1.18 bits per heavy atom. The van der Waals surface area contributed by atoms with Gasteiger partial charge in [-0.3, -0.25) is 9.36 Å². The molecule has 0 aromatic heterocycles. The van der Waals surface area contributed by atoms with E-state index in [4.69, 9.17) is 23.3 Å². The Kier molecular flexibility index (Phi) is 12.8. The van der Waals surface area contributed by atoms with Gasteiger partial charge in [0.15, 0.2) is 11.9 Å². The zero-order valence-corrected chi connectivity index (χ0v) is 26.1. The molecule has 0 N–H and O–H groups in total. The lowest BCUT2D eigenvalue weighted by molar-refractivity contribution is -0.155.